The molecule has 1 saturated carbocycles. The lowest BCUT2D eigenvalue weighted by Crippen LogP contribution is -2.35. The maximum absolute atomic E-state index is 12.1. The molecule has 0 aliphatic heterocycles. The Hall–Kier alpha value is -2.95. The molecule has 6 nitrogen and oxygen atoms in total. The molecule has 30 heavy (non-hydrogen) atoms. The zero-order valence-corrected chi connectivity index (χ0v) is 17.9. The van der Waals surface area contributed by atoms with Crippen LogP contribution in [0.25, 0.3) is 10.9 Å². The molecule has 1 aliphatic carbocycles. The molecule has 0 radical (unpaired) electrons. The van der Waals surface area contributed by atoms with Crippen molar-refractivity contribution in [2.45, 2.75) is 32.8 Å². The maximum atomic E-state index is 12.1. The first-order valence-corrected chi connectivity index (χ1v) is 10.9. The number of amides is 2. The second kappa shape index (κ2) is 9.24. The molecule has 2 amide bonds. The van der Waals surface area contributed by atoms with Gasteiger partial charge in [-0.2, -0.15) is 0 Å². The molecule has 0 bridgehead atoms. The predicted octanol–water partition coefficient (Wildman–Crippen LogP) is 4.34. The van der Waals surface area contributed by atoms with E-state index in [1.54, 1.807) is 6.20 Å². The number of nitrogens with zero attached hydrogens (tertiary/aromatic N) is 2. The zero-order chi connectivity index (χ0) is 20.9. The number of hydrogen-bond acceptors (Lipinski definition) is 5. The normalized spacial score (nSPS) is 14.1. The molecule has 0 spiro atoms. The molecule has 4 rings (SSSR count). The van der Waals surface area contributed by atoms with E-state index in [-0.39, 0.29) is 12.1 Å². The van der Waals surface area contributed by atoms with E-state index in [9.17, 15) is 4.79 Å². The summed E-state index contributed by atoms with van der Waals surface area (Å²) in [4.78, 5) is 21.7. The van der Waals surface area contributed by atoms with Gasteiger partial charge < -0.3 is 10.1 Å². The summed E-state index contributed by atoms with van der Waals surface area (Å²) in [6.07, 6.45) is 4.29. The molecule has 7 heteroatoms. The smallest absolute Gasteiger partial charge is 0.321 e. The molecule has 1 atom stereocenters. The van der Waals surface area contributed by atoms with Gasteiger partial charge in [0, 0.05) is 30.3 Å². The summed E-state index contributed by atoms with van der Waals surface area (Å²) < 4.78 is 5.71. The highest BCUT2D eigenvalue weighted by Gasteiger charge is 2.22. The summed E-state index contributed by atoms with van der Waals surface area (Å²) >= 11 is 1.37. The Morgan fingerprint density at radius 1 is 1.33 bits per heavy atom. The SMILES string of the molecule is Cc1nc(NC(=O)NC[C@H](C)OCC2CC2)sc1C#Cc1ccc2ncccc2c1. The standard InChI is InChI=1S/C23H24N4O2S/c1-15(29-14-18-5-6-18)13-25-22(28)27-23-26-16(2)21(30-23)10-8-17-7-9-20-19(12-17)4-3-11-24-20/h3-4,7,9,11-12,15,18H,5-6,13-14H2,1-2H3,(H2,25,26,27,28)/t15-/m0/s1. The van der Waals surface area contributed by atoms with Crippen LogP contribution in [-0.4, -0.2) is 35.3 Å². The Labute approximate surface area is 180 Å². The second-order valence-electron chi connectivity index (χ2n) is 7.52. The lowest BCUT2D eigenvalue weighted by Gasteiger charge is -2.13. The minimum atomic E-state index is -0.285. The van der Waals surface area contributed by atoms with Crippen molar-refractivity contribution in [1.82, 2.24) is 15.3 Å². The van der Waals surface area contributed by atoms with Gasteiger partial charge >= 0.3 is 6.03 Å². The first-order valence-electron chi connectivity index (χ1n) is 10.1. The third-order valence-corrected chi connectivity index (χ3v) is 5.79. The van der Waals surface area contributed by atoms with Gasteiger partial charge in [-0.15, -0.1) is 0 Å². The number of nitrogens with one attached hydrogen (secondary N) is 2. The summed E-state index contributed by atoms with van der Waals surface area (Å²) in [5.41, 5.74) is 2.66. The van der Waals surface area contributed by atoms with Gasteiger partial charge in [0.1, 0.15) is 4.88 Å². The number of anilines is 1. The molecule has 3 aromatic rings. The third-order valence-electron chi connectivity index (χ3n) is 4.80. The van der Waals surface area contributed by atoms with Gasteiger partial charge in [0.15, 0.2) is 5.13 Å². The van der Waals surface area contributed by atoms with Gasteiger partial charge in [-0.25, -0.2) is 9.78 Å². The molecule has 1 fully saturated rings. The number of aromatic nitrogens is 2. The van der Waals surface area contributed by atoms with E-state index in [2.05, 4.69) is 32.4 Å². The maximum Gasteiger partial charge on any atom is 0.321 e. The van der Waals surface area contributed by atoms with Gasteiger partial charge in [-0.3, -0.25) is 10.3 Å². The van der Waals surface area contributed by atoms with E-state index < -0.39 is 0 Å². The van der Waals surface area contributed by atoms with Crippen molar-refractivity contribution in [3.8, 4) is 11.8 Å². The van der Waals surface area contributed by atoms with Gasteiger partial charge in [-0.1, -0.05) is 23.3 Å². The molecule has 1 aliphatic rings. The Kier molecular flexibility index (Phi) is 6.26. The van der Waals surface area contributed by atoms with Crippen LogP contribution < -0.4 is 10.6 Å². The van der Waals surface area contributed by atoms with Crippen molar-refractivity contribution in [1.29, 1.82) is 0 Å². The van der Waals surface area contributed by atoms with Crippen LogP contribution in [0.3, 0.4) is 0 Å². The third kappa shape index (κ3) is 5.56. The van der Waals surface area contributed by atoms with E-state index in [0.717, 1.165) is 33.6 Å². The van der Waals surface area contributed by atoms with Crippen molar-refractivity contribution in [2.24, 2.45) is 5.92 Å². The highest BCUT2D eigenvalue weighted by Crippen LogP contribution is 2.29. The van der Waals surface area contributed by atoms with Crippen molar-refractivity contribution < 1.29 is 9.53 Å². The fraction of sp³-hybridized carbons (Fsp3) is 0.348. The second-order valence-corrected chi connectivity index (χ2v) is 8.52. The van der Waals surface area contributed by atoms with Crippen LogP contribution in [0.2, 0.25) is 0 Å². The average Bonchev–Trinajstić information content (AvgIpc) is 3.51. The van der Waals surface area contributed by atoms with Crippen molar-refractivity contribution >= 4 is 33.4 Å². The molecule has 2 heterocycles. The number of ether oxygens (including phenoxy) is 1. The summed E-state index contributed by atoms with van der Waals surface area (Å²) in [5.74, 6) is 7.05. The predicted molar refractivity (Wildman–Crippen MR) is 120 cm³/mol. The Morgan fingerprint density at radius 3 is 3.03 bits per heavy atom. The van der Waals surface area contributed by atoms with Crippen LogP contribution in [0.1, 0.15) is 35.9 Å². The highest BCUT2D eigenvalue weighted by atomic mass is 32.1. The van der Waals surface area contributed by atoms with E-state index in [4.69, 9.17) is 4.74 Å². The Morgan fingerprint density at radius 2 is 2.20 bits per heavy atom. The monoisotopic (exact) mass is 420 g/mol. The van der Waals surface area contributed by atoms with Crippen molar-refractivity contribution in [3.63, 3.8) is 0 Å². The van der Waals surface area contributed by atoms with Crippen molar-refractivity contribution in [2.75, 3.05) is 18.5 Å². The number of thiazole rings is 1. The molecule has 2 aromatic heterocycles. The summed E-state index contributed by atoms with van der Waals surface area (Å²) in [6.45, 7) is 5.10. The quantitative estimate of drug-likeness (QED) is 0.582. The van der Waals surface area contributed by atoms with Gasteiger partial charge in [0.05, 0.1) is 17.3 Å². The van der Waals surface area contributed by atoms with Crippen LogP contribution in [-0.2, 0) is 4.74 Å². The van der Waals surface area contributed by atoms with Crippen LogP contribution in [0, 0.1) is 24.7 Å². The van der Waals surface area contributed by atoms with Crippen LogP contribution in [0.4, 0.5) is 9.93 Å². The lowest BCUT2D eigenvalue weighted by atomic mass is 10.1. The van der Waals surface area contributed by atoms with Crippen LogP contribution in [0.5, 0.6) is 0 Å². The first-order chi connectivity index (χ1) is 14.6. The average molecular weight is 421 g/mol. The largest absolute Gasteiger partial charge is 0.376 e. The van der Waals surface area contributed by atoms with E-state index >= 15 is 0 Å². The number of rotatable bonds is 6. The molecule has 154 valence electrons. The molecular weight excluding hydrogens is 396 g/mol. The van der Waals surface area contributed by atoms with Crippen molar-refractivity contribution in [3.05, 3.63) is 52.7 Å². The highest BCUT2D eigenvalue weighted by molar-refractivity contribution is 7.16. The first kappa shape index (κ1) is 20.3. The topological polar surface area (TPSA) is 76.1 Å². The summed E-state index contributed by atoms with van der Waals surface area (Å²) in [6, 6.07) is 9.58. The van der Waals surface area contributed by atoms with Crippen LogP contribution >= 0.6 is 11.3 Å². The van der Waals surface area contributed by atoms with E-state index in [1.807, 2.05) is 44.2 Å². The summed E-state index contributed by atoms with van der Waals surface area (Å²) in [7, 11) is 0. The number of hydrogen-bond donors (Lipinski definition) is 2. The number of urea groups is 1. The fourth-order valence-electron chi connectivity index (χ4n) is 2.87. The Balaban J connectivity index is 1.33. The van der Waals surface area contributed by atoms with Gasteiger partial charge in [0.2, 0.25) is 0 Å². The number of benzene rings is 1. The number of fused-ring (bicyclic) bond motifs is 1. The molecule has 0 saturated heterocycles. The lowest BCUT2D eigenvalue weighted by molar-refractivity contribution is 0.0601. The van der Waals surface area contributed by atoms with E-state index in [1.165, 1.54) is 24.2 Å². The van der Waals surface area contributed by atoms with Gasteiger partial charge in [0.25, 0.3) is 0 Å². The van der Waals surface area contributed by atoms with E-state index in [0.29, 0.717) is 17.6 Å². The number of pyridine rings is 1. The minimum absolute atomic E-state index is 0.00652. The zero-order valence-electron chi connectivity index (χ0n) is 17.1. The molecule has 1 aromatic carbocycles. The number of aryl methyl sites for hydroxylation is 1. The number of carbonyl (C=O) groups excluding carboxylic acids is 1. The molecular formula is C23H24N4O2S. The minimum Gasteiger partial charge on any atom is -0.376 e. The van der Waals surface area contributed by atoms with Crippen LogP contribution in [0.15, 0.2) is 36.5 Å². The van der Waals surface area contributed by atoms with Gasteiger partial charge in [-0.05, 0) is 62.8 Å². The fourth-order valence-corrected chi connectivity index (χ4v) is 3.68. The Bertz CT molecular complexity index is 1110. The molecule has 0 unspecified atom stereocenters. The number of carbonyl (C=O) groups is 1. The summed E-state index contributed by atoms with van der Waals surface area (Å²) in [5, 5.41) is 7.20. The molecule has 2 N–H and O–H groups in total.